The number of amides is 8. The van der Waals surface area contributed by atoms with Crippen molar-refractivity contribution in [2.75, 3.05) is 27.2 Å². The average Bonchev–Trinajstić information content (AvgIpc) is 4.15. The van der Waals surface area contributed by atoms with Crippen molar-refractivity contribution in [2.24, 2.45) is 23.5 Å². The summed E-state index contributed by atoms with van der Waals surface area (Å²) in [5.41, 5.74) is 7.46. The van der Waals surface area contributed by atoms with Gasteiger partial charge in [0.15, 0.2) is 5.78 Å². The summed E-state index contributed by atoms with van der Waals surface area (Å²) in [5.74, 6) is -0.551. The summed E-state index contributed by atoms with van der Waals surface area (Å²) in [5, 5.41) is 8.67. The molecule has 1 saturated carbocycles. The van der Waals surface area contributed by atoms with E-state index in [2.05, 4.69) is 32.7 Å². The number of primary amides is 1. The van der Waals surface area contributed by atoms with Crippen LogP contribution in [0.2, 0.25) is 0 Å². The number of piperidine rings is 2. The zero-order chi connectivity index (χ0) is 57.0. The monoisotopic (exact) mass is 1120 g/mol. The van der Waals surface area contributed by atoms with E-state index in [4.69, 9.17) is 5.73 Å². The van der Waals surface area contributed by atoms with Crippen molar-refractivity contribution in [3.8, 4) is 11.8 Å². The van der Waals surface area contributed by atoms with Gasteiger partial charge >= 0.3 is 0 Å². The molecule has 0 spiro atoms. The summed E-state index contributed by atoms with van der Waals surface area (Å²) in [6, 6.07) is 6.99. The maximum atomic E-state index is 14.7. The molecule has 6 heterocycles. The lowest BCUT2D eigenvalue weighted by molar-refractivity contribution is -0.144. The SMILES string of the molecule is CN(C)[C@@H]1CC[C@H](NC(=O)c2cc3cc(C(C)(F)F)ccc3s2)C(=O)N2[C@H](CC[C@H]2C(=O)N[C@@H](CCC(N)=O)C(=O)C[C@H](C(=O)N2CCC(CCC#Cc3cccc4c3CN(C3CCC(=O)NC3=O)C4=O)CC2)C2CCCCC2)C1. The first-order chi connectivity index (χ1) is 38.2. The highest BCUT2D eigenvalue weighted by Gasteiger charge is 2.47. The summed E-state index contributed by atoms with van der Waals surface area (Å²) >= 11 is 1.13. The fraction of sp³-hybridized carbons (Fsp3) is 0.583. The van der Waals surface area contributed by atoms with Gasteiger partial charge in [0.25, 0.3) is 17.7 Å². The lowest BCUT2D eigenvalue weighted by atomic mass is 9.76. The third-order valence-electron chi connectivity index (χ3n) is 17.7. The first kappa shape index (κ1) is 58.1. The molecule has 6 aliphatic rings. The van der Waals surface area contributed by atoms with Gasteiger partial charge in [-0.25, -0.2) is 8.78 Å². The first-order valence-corrected chi connectivity index (χ1v) is 29.4. The maximum absolute atomic E-state index is 14.7. The quantitative estimate of drug-likeness (QED) is 0.0869. The predicted molar refractivity (Wildman–Crippen MR) is 296 cm³/mol. The number of imide groups is 1. The van der Waals surface area contributed by atoms with E-state index < -0.39 is 65.5 Å². The average molecular weight is 1120 g/mol. The van der Waals surface area contributed by atoms with Gasteiger partial charge in [-0.05, 0) is 144 Å². The van der Waals surface area contributed by atoms with Gasteiger partial charge < -0.3 is 36.0 Å². The number of carbonyl (C=O) groups excluding carboxylic acids is 9. The van der Waals surface area contributed by atoms with Crippen LogP contribution in [0.25, 0.3) is 10.1 Å². The maximum Gasteiger partial charge on any atom is 0.270 e. The molecule has 9 rings (SSSR count). The summed E-state index contributed by atoms with van der Waals surface area (Å²) in [4.78, 5) is 130. The number of nitrogens with one attached hydrogen (secondary N) is 3. The van der Waals surface area contributed by atoms with Gasteiger partial charge in [0.1, 0.15) is 18.1 Å². The summed E-state index contributed by atoms with van der Waals surface area (Å²) < 4.78 is 29.0. The van der Waals surface area contributed by atoms with Crippen LogP contribution in [0.1, 0.15) is 166 Å². The second-order valence-corrected chi connectivity index (χ2v) is 24.4. The Kier molecular flexibility index (Phi) is 18.2. The molecular formula is C60H74F2N8O9S. The predicted octanol–water partition coefficient (Wildman–Crippen LogP) is 6.32. The normalized spacial score (nSPS) is 23.8. The molecule has 1 aliphatic carbocycles. The number of nitrogens with zero attached hydrogens (tertiary/aromatic N) is 4. The van der Waals surface area contributed by atoms with Crippen LogP contribution in [0.3, 0.4) is 0 Å². The Bertz CT molecular complexity index is 2970. The van der Waals surface area contributed by atoms with E-state index in [1.165, 1.54) is 17.0 Å². The van der Waals surface area contributed by atoms with Crippen LogP contribution in [-0.2, 0) is 46.0 Å². The van der Waals surface area contributed by atoms with Crippen molar-refractivity contribution in [3.63, 3.8) is 0 Å². The Hall–Kier alpha value is -6.59. The van der Waals surface area contributed by atoms with Gasteiger partial charge in [-0.3, -0.25) is 48.5 Å². The number of halogens is 2. The first-order valence-electron chi connectivity index (χ1n) is 28.6. The number of carbonyl (C=O) groups is 9. The van der Waals surface area contributed by atoms with Crippen molar-refractivity contribution < 1.29 is 51.9 Å². The zero-order valence-corrected chi connectivity index (χ0v) is 46.8. The van der Waals surface area contributed by atoms with Gasteiger partial charge in [-0.1, -0.05) is 43.2 Å². The molecule has 8 amide bonds. The fourth-order valence-electron chi connectivity index (χ4n) is 13.1. The minimum absolute atomic E-state index is 0.0139. The highest BCUT2D eigenvalue weighted by atomic mass is 32.1. The van der Waals surface area contributed by atoms with Crippen LogP contribution in [0.15, 0.2) is 42.5 Å². The molecule has 5 fully saturated rings. The molecule has 1 unspecified atom stereocenters. The van der Waals surface area contributed by atoms with Crippen LogP contribution in [0, 0.1) is 29.6 Å². The number of benzene rings is 2. The minimum Gasteiger partial charge on any atom is -0.370 e. The molecule has 2 aromatic carbocycles. The number of ketones is 1. The van der Waals surface area contributed by atoms with Crippen molar-refractivity contribution in [1.29, 1.82) is 0 Å². The van der Waals surface area contributed by atoms with Crippen molar-refractivity contribution in [2.45, 2.75) is 178 Å². The van der Waals surface area contributed by atoms with Crippen molar-refractivity contribution >= 4 is 74.5 Å². The molecule has 5 N–H and O–H groups in total. The fourth-order valence-corrected chi connectivity index (χ4v) is 14.0. The summed E-state index contributed by atoms with van der Waals surface area (Å²) in [6.45, 7) is 2.10. The topological polar surface area (TPSA) is 229 Å². The van der Waals surface area contributed by atoms with Gasteiger partial charge in [0.2, 0.25) is 35.4 Å². The standard InChI is InChI=1S/C60H74F2N8O9S/c1-60(61,62)39-16-23-50-38(30-39)31-51(80-50)56(76)65-46-19-17-40(67(2)3)32-41-18-21-48(70(41)59(46)79)55(75)64-45(20-24-52(63)72)49(71)33-43(36-11-5-4-6-12-36)57(77)68-28-26-35(27-29-68)10-7-8-13-37-14-9-15-42-44(37)34-69(58(42)78)47-22-25-53(73)66-54(47)74/h9,14-16,23,30-31,35-36,40-41,43,45-48H,4-7,10-12,17-22,24-29,32-34H2,1-3H3,(H2,63,72)(H,64,75)(H,65,76)(H,66,73,74)/t40-,41-,43+,45+,46+,47?,48+/m1/s1. The Labute approximate surface area is 469 Å². The lowest BCUT2D eigenvalue weighted by Crippen LogP contribution is -2.59. The van der Waals surface area contributed by atoms with Gasteiger partial charge in [-0.2, -0.15) is 0 Å². The van der Waals surface area contributed by atoms with Crippen LogP contribution < -0.4 is 21.7 Å². The highest BCUT2D eigenvalue weighted by Crippen LogP contribution is 2.38. The van der Waals surface area contributed by atoms with Crippen LogP contribution >= 0.6 is 11.3 Å². The number of rotatable bonds is 17. The van der Waals surface area contributed by atoms with Gasteiger partial charge in [-0.15, -0.1) is 11.3 Å². The van der Waals surface area contributed by atoms with Crippen molar-refractivity contribution in [3.05, 3.63) is 69.6 Å². The number of fused-ring (bicyclic) bond motifs is 3. The van der Waals surface area contributed by atoms with E-state index in [9.17, 15) is 51.9 Å². The Morgan fingerprint density at radius 1 is 0.925 bits per heavy atom. The van der Waals surface area contributed by atoms with E-state index in [0.29, 0.717) is 66.8 Å². The molecule has 17 nitrogen and oxygen atoms in total. The Morgan fingerprint density at radius 3 is 2.40 bits per heavy atom. The lowest BCUT2D eigenvalue weighted by Gasteiger charge is -2.39. The molecule has 0 bridgehead atoms. The largest absolute Gasteiger partial charge is 0.370 e. The molecule has 428 valence electrons. The molecule has 5 aliphatic heterocycles. The molecular weight excluding hydrogens is 1050 g/mol. The smallest absolute Gasteiger partial charge is 0.270 e. The number of thiophene rings is 1. The van der Waals surface area contributed by atoms with E-state index in [-0.39, 0.29) is 97.0 Å². The van der Waals surface area contributed by atoms with E-state index in [0.717, 1.165) is 80.8 Å². The van der Waals surface area contributed by atoms with Crippen LogP contribution in [0.5, 0.6) is 0 Å². The van der Waals surface area contributed by atoms with E-state index in [1.807, 2.05) is 25.1 Å². The molecule has 1 aromatic heterocycles. The molecule has 20 heteroatoms. The van der Waals surface area contributed by atoms with Gasteiger partial charge in [0.05, 0.1) is 10.9 Å². The minimum atomic E-state index is -3.07. The van der Waals surface area contributed by atoms with E-state index in [1.54, 1.807) is 29.2 Å². The Morgan fingerprint density at radius 2 is 1.69 bits per heavy atom. The highest BCUT2D eigenvalue weighted by molar-refractivity contribution is 7.20. The number of hydrogen-bond acceptors (Lipinski definition) is 11. The molecule has 0 radical (unpaired) electrons. The number of likely N-dealkylation sites (tertiary alicyclic amines) is 1. The zero-order valence-electron chi connectivity index (χ0n) is 46.0. The van der Waals surface area contributed by atoms with Crippen LogP contribution in [0.4, 0.5) is 8.78 Å². The van der Waals surface area contributed by atoms with Crippen molar-refractivity contribution in [1.82, 2.24) is 35.6 Å². The number of Topliss-reactive ketones (excluding diaryl/α,β-unsaturated/α-hetero) is 1. The van der Waals surface area contributed by atoms with E-state index >= 15 is 0 Å². The molecule has 4 saturated heterocycles. The Balaban J connectivity index is 0.836. The number of alkyl halides is 2. The number of hydrogen-bond donors (Lipinski definition) is 4. The molecule has 80 heavy (non-hydrogen) atoms. The molecule has 3 aromatic rings. The number of nitrogens with two attached hydrogens (primary N) is 1. The third kappa shape index (κ3) is 13.3. The second kappa shape index (κ2) is 25.0. The van der Waals surface area contributed by atoms with Crippen LogP contribution in [-0.4, -0.2) is 136 Å². The molecule has 7 atom stereocenters. The third-order valence-corrected chi connectivity index (χ3v) is 18.8. The summed E-state index contributed by atoms with van der Waals surface area (Å²) in [7, 11) is 3.90. The van der Waals surface area contributed by atoms with Gasteiger partial charge in [0, 0.05) is 91.6 Å². The summed E-state index contributed by atoms with van der Waals surface area (Å²) in [6.07, 6.45) is 9.74. The second-order valence-electron chi connectivity index (χ2n) is 23.3.